The molecule has 1 heterocycles. The lowest BCUT2D eigenvalue weighted by molar-refractivity contribution is -0.117. The highest BCUT2D eigenvalue weighted by molar-refractivity contribution is 5.95. The minimum atomic E-state index is -0.0500. The zero-order chi connectivity index (χ0) is 13.8. The molecule has 0 saturated carbocycles. The average molecular weight is 262 g/mol. The summed E-state index contributed by atoms with van der Waals surface area (Å²) in [6.07, 6.45) is 2.14. The molecule has 0 aliphatic carbocycles. The fourth-order valence-corrected chi connectivity index (χ4v) is 2.25. The van der Waals surface area contributed by atoms with Gasteiger partial charge in [0.15, 0.2) is 0 Å². The maximum Gasteiger partial charge on any atom is 0.241 e. The fraction of sp³-hybridized carbons (Fsp3) is 0.533. The smallest absolute Gasteiger partial charge is 0.241 e. The average Bonchev–Trinajstić information content (AvgIpc) is 2.85. The van der Waals surface area contributed by atoms with Crippen LogP contribution in [0.5, 0.6) is 5.75 Å². The second-order valence-corrected chi connectivity index (χ2v) is 5.28. The summed E-state index contributed by atoms with van der Waals surface area (Å²) in [5.41, 5.74) is 1.87. The third-order valence-corrected chi connectivity index (χ3v) is 3.20. The zero-order valence-electron chi connectivity index (χ0n) is 11.8. The van der Waals surface area contributed by atoms with Gasteiger partial charge < -0.3 is 15.4 Å². The summed E-state index contributed by atoms with van der Waals surface area (Å²) >= 11 is 0. The number of nitrogens with one attached hydrogen (secondary N) is 2. The van der Waals surface area contributed by atoms with E-state index in [0.717, 1.165) is 36.4 Å². The highest BCUT2D eigenvalue weighted by Gasteiger charge is 2.22. The number of hydrogen-bond donors (Lipinski definition) is 2. The Kier molecular flexibility index (Phi) is 4.43. The van der Waals surface area contributed by atoms with E-state index < -0.39 is 0 Å². The van der Waals surface area contributed by atoms with Crippen molar-refractivity contribution in [1.82, 2.24) is 5.32 Å². The number of anilines is 1. The lowest BCUT2D eigenvalue weighted by atomic mass is 10.1. The first kappa shape index (κ1) is 13.9. The molecule has 1 aromatic carbocycles. The van der Waals surface area contributed by atoms with Crippen LogP contribution in [0, 0.1) is 6.92 Å². The van der Waals surface area contributed by atoms with E-state index in [1.165, 1.54) is 0 Å². The molecule has 0 unspecified atom stereocenters. The lowest BCUT2D eigenvalue weighted by Crippen LogP contribution is -2.35. The highest BCUT2D eigenvalue weighted by atomic mass is 16.5. The van der Waals surface area contributed by atoms with Crippen LogP contribution in [0.15, 0.2) is 18.2 Å². The van der Waals surface area contributed by atoms with Crippen molar-refractivity contribution in [1.29, 1.82) is 0 Å². The summed E-state index contributed by atoms with van der Waals surface area (Å²) in [7, 11) is 0. The Morgan fingerprint density at radius 3 is 2.84 bits per heavy atom. The van der Waals surface area contributed by atoms with E-state index in [-0.39, 0.29) is 18.1 Å². The summed E-state index contributed by atoms with van der Waals surface area (Å²) in [6.45, 7) is 6.90. The van der Waals surface area contributed by atoms with Crippen molar-refractivity contribution >= 4 is 11.6 Å². The minimum absolute atomic E-state index is 0.0500. The summed E-state index contributed by atoms with van der Waals surface area (Å²) in [5.74, 6) is 0.891. The van der Waals surface area contributed by atoms with Gasteiger partial charge in [-0.25, -0.2) is 0 Å². The normalized spacial score (nSPS) is 18.6. The molecule has 4 heteroatoms. The highest BCUT2D eigenvalue weighted by Crippen LogP contribution is 2.22. The molecule has 1 amide bonds. The van der Waals surface area contributed by atoms with Crippen molar-refractivity contribution in [3.8, 4) is 5.75 Å². The molecular formula is C15H22N2O2. The Bertz CT molecular complexity index is 451. The molecular weight excluding hydrogens is 240 g/mol. The van der Waals surface area contributed by atoms with E-state index in [9.17, 15) is 4.79 Å². The second-order valence-electron chi connectivity index (χ2n) is 5.28. The monoisotopic (exact) mass is 262 g/mol. The van der Waals surface area contributed by atoms with E-state index in [2.05, 4.69) is 10.6 Å². The lowest BCUT2D eigenvalue weighted by Gasteiger charge is -2.15. The van der Waals surface area contributed by atoms with Gasteiger partial charge in [0.2, 0.25) is 5.91 Å². The van der Waals surface area contributed by atoms with Gasteiger partial charge in [0.05, 0.1) is 12.1 Å². The molecule has 2 N–H and O–H groups in total. The Labute approximate surface area is 114 Å². The Balaban J connectivity index is 2.02. The third kappa shape index (κ3) is 3.70. The van der Waals surface area contributed by atoms with E-state index >= 15 is 0 Å². The first-order valence-corrected chi connectivity index (χ1v) is 6.88. The number of benzene rings is 1. The van der Waals surface area contributed by atoms with Crippen molar-refractivity contribution in [2.75, 3.05) is 11.9 Å². The van der Waals surface area contributed by atoms with Crippen molar-refractivity contribution in [2.24, 2.45) is 0 Å². The van der Waals surface area contributed by atoms with Gasteiger partial charge in [0.25, 0.3) is 0 Å². The van der Waals surface area contributed by atoms with Gasteiger partial charge in [0.1, 0.15) is 5.75 Å². The molecule has 19 heavy (non-hydrogen) atoms. The number of carbonyl (C=O) groups excluding carboxylic acids is 1. The predicted molar refractivity (Wildman–Crippen MR) is 76.6 cm³/mol. The Morgan fingerprint density at radius 1 is 1.47 bits per heavy atom. The van der Waals surface area contributed by atoms with Gasteiger partial charge in [-0.05, 0) is 63.9 Å². The molecule has 0 radical (unpaired) electrons. The van der Waals surface area contributed by atoms with Crippen LogP contribution in [0.4, 0.5) is 5.69 Å². The van der Waals surface area contributed by atoms with Crippen LogP contribution in [0.25, 0.3) is 0 Å². The molecule has 0 aromatic heterocycles. The summed E-state index contributed by atoms with van der Waals surface area (Å²) in [6, 6.07) is 5.70. The molecule has 1 fully saturated rings. The number of amides is 1. The van der Waals surface area contributed by atoms with Crippen LogP contribution in [-0.2, 0) is 4.79 Å². The SMILES string of the molecule is Cc1cc(OC(C)C)ccc1NC(=O)[C@H]1CCCN1. The standard InChI is InChI=1S/C15H22N2O2/c1-10(2)19-12-6-7-13(11(3)9-12)17-15(18)14-5-4-8-16-14/h6-7,9-10,14,16H,4-5,8H2,1-3H3,(H,17,18)/t14-/m1/s1. The van der Waals surface area contributed by atoms with E-state index in [4.69, 9.17) is 4.74 Å². The van der Waals surface area contributed by atoms with Crippen LogP contribution >= 0.6 is 0 Å². The molecule has 0 bridgehead atoms. The largest absolute Gasteiger partial charge is 0.491 e. The predicted octanol–water partition coefficient (Wildman–Crippen LogP) is 2.47. The molecule has 0 spiro atoms. The number of carbonyl (C=O) groups is 1. The molecule has 1 aliphatic rings. The minimum Gasteiger partial charge on any atom is -0.491 e. The third-order valence-electron chi connectivity index (χ3n) is 3.20. The second kappa shape index (κ2) is 6.06. The molecule has 1 aromatic rings. The number of rotatable bonds is 4. The van der Waals surface area contributed by atoms with Gasteiger partial charge >= 0.3 is 0 Å². The maximum absolute atomic E-state index is 12.0. The van der Waals surface area contributed by atoms with Crippen molar-refractivity contribution in [3.63, 3.8) is 0 Å². The van der Waals surface area contributed by atoms with Crippen LogP contribution in [0.1, 0.15) is 32.3 Å². The molecule has 4 nitrogen and oxygen atoms in total. The van der Waals surface area contributed by atoms with Crippen LogP contribution in [0.2, 0.25) is 0 Å². The van der Waals surface area contributed by atoms with Gasteiger partial charge in [-0.2, -0.15) is 0 Å². The van der Waals surface area contributed by atoms with Crippen molar-refractivity contribution in [2.45, 2.75) is 45.8 Å². The van der Waals surface area contributed by atoms with Gasteiger partial charge in [-0.3, -0.25) is 4.79 Å². The van der Waals surface area contributed by atoms with Crippen LogP contribution < -0.4 is 15.4 Å². The molecule has 1 saturated heterocycles. The topological polar surface area (TPSA) is 50.4 Å². The number of ether oxygens (including phenoxy) is 1. The number of aryl methyl sites for hydroxylation is 1. The molecule has 2 rings (SSSR count). The van der Waals surface area contributed by atoms with Crippen LogP contribution in [-0.4, -0.2) is 24.6 Å². The van der Waals surface area contributed by atoms with E-state index in [0.29, 0.717) is 0 Å². The van der Waals surface area contributed by atoms with Crippen molar-refractivity contribution < 1.29 is 9.53 Å². The summed E-state index contributed by atoms with van der Waals surface area (Å²) in [4.78, 5) is 12.0. The quantitative estimate of drug-likeness (QED) is 0.876. The summed E-state index contributed by atoms with van der Waals surface area (Å²) in [5, 5.41) is 6.17. The zero-order valence-corrected chi connectivity index (χ0v) is 11.8. The molecule has 1 atom stereocenters. The first-order valence-electron chi connectivity index (χ1n) is 6.88. The molecule has 104 valence electrons. The van der Waals surface area contributed by atoms with Crippen LogP contribution in [0.3, 0.4) is 0 Å². The van der Waals surface area contributed by atoms with Gasteiger partial charge in [0, 0.05) is 5.69 Å². The Morgan fingerprint density at radius 2 is 2.26 bits per heavy atom. The first-order chi connectivity index (χ1) is 9.06. The van der Waals surface area contributed by atoms with E-state index in [1.54, 1.807) is 0 Å². The maximum atomic E-state index is 12.0. The van der Waals surface area contributed by atoms with Gasteiger partial charge in [-0.15, -0.1) is 0 Å². The fourth-order valence-electron chi connectivity index (χ4n) is 2.25. The van der Waals surface area contributed by atoms with E-state index in [1.807, 2.05) is 39.0 Å². The number of hydrogen-bond acceptors (Lipinski definition) is 3. The van der Waals surface area contributed by atoms with Crippen molar-refractivity contribution in [3.05, 3.63) is 23.8 Å². The molecule has 1 aliphatic heterocycles. The Hall–Kier alpha value is -1.55. The van der Waals surface area contributed by atoms with Gasteiger partial charge in [-0.1, -0.05) is 0 Å². The summed E-state index contributed by atoms with van der Waals surface area (Å²) < 4.78 is 5.63.